The number of hydrogen-bond donors (Lipinski definition) is 0. The van der Waals surface area contributed by atoms with Crippen LogP contribution in [0.15, 0.2) is 23.1 Å². The van der Waals surface area contributed by atoms with Gasteiger partial charge in [-0.25, -0.2) is 0 Å². The number of carbonyl (C=O) groups is 1. The van der Waals surface area contributed by atoms with E-state index in [0.717, 1.165) is 29.3 Å². The van der Waals surface area contributed by atoms with E-state index in [0.29, 0.717) is 18.2 Å². The molecule has 1 aromatic rings. The predicted octanol–water partition coefficient (Wildman–Crippen LogP) is 2.82. The molecular formula is C13H14ClNO2S. The Hall–Kier alpha value is -0.710. The van der Waals surface area contributed by atoms with Crippen LogP contribution in [-0.4, -0.2) is 31.4 Å². The van der Waals surface area contributed by atoms with E-state index >= 15 is 0 Å². The lowest BCUT2D eigenvalue weighted by atomic mass is 10.1. The summed E-state index contributed by atoms with van der Waals surface area (Å²) in [4.78, 5) is 15.5. The highest BCUT2D eigenvalue weighted by molar-refractivity contribution is 7.99. The molecule has 0 radical (unpaired) electrons. The van der Waals surface area contributed by atoms with Crippen molar-refractivity contribution in [1.29, 1.82) is 0 Å². The minimum atomic E-state index is 0.0138. The van der Waals surface area contributed by atoms with Crippen LogP contribution in [0.25, 0.3) is 0 Å². The summed E-state index contributed by atoms with van der Waals surface area (Å²) in [5.74, 6) is 1.13. The zero-order chi connectivity index (χ0) is 12.5. The van der Waals surface area contributed by atoms with Crippen LogP contribution in [0, 0.1) is 5.92 Å². The van der Waals surface area contributed by atoms with Crippen LogP contribution >= 0.6 is 23.4 Å². The van der Waals surface area contributed by atoms with Crippen molar-refractivity contribution in [3.8, 4) is 0 Å². The van der Waals surface area contributed by atoms with Crippen molar-refractivity contribution in [1.82, 2.24) is 0 Å². The van der Waals surface area contributed by atoms with Crippen LogP contribution < -0.4 is 4.90 Å². The Labute approximate surface area is 115 Å². The Balaban J connectivity index is 1.90. The summed E-state index contributed by atoms with van der Waals surface area (Å²) >= 11 is 7.81. The van der Waals surface area contributed by atoms with Crippen molar-refractivity contribution in [3.63, 3.8) is 0 Å². The molecule has 5 heteroatoms. The van der Waals surface area contributed by atoms with Crippen molar-refractivity contribution in [2.24, 2.45) is 5.92 Å². The van der Waals surface area contributed by atoms with Crippen molar-refractivity contribution < 1.29 is 9.53 Å². The quantitative estimate of drug-likeness (QED) is 0.794. The van der Waals surface area contributed by atoms with Crippen molar-refractivity contribution in [2.45, 2.75) is 11.3 Å². The van der Waals surface area contributed by atoms with Gasteiger partial charge in [0.05, 0.1) is 18.2 Å². The molecule has 18 heavy (non-hydrogen) atoms. The molecule has 0 aliphatic carbocycles. The van der Waals surface area contributed by atoms with E-state index < -0.39 is 0 Å². The van der Waals surface area contributed by atoms with Gasteiger partial charge in [0.15, 0.2) is 0 Å². The number of fused-ring (bicyclic) bond motifs is 1. The number of rotatable bonds is 1. The SMILES string of the molecule is O=C(C1CCOC1)N1CCSc2ccc(Cl)cc21. The molecule has 0 N–H and O–H groups in total. The molecule has 0 bridgehead atoms. The number of halogens is 1. The summed E-state index contributed by atoms with van der Waals surface area (Å²) < 4.78 is 5.30. The number of nitrogens with zero attached hydrogens (tertiary/aromatic N) is 1. The lowest BCUT2D eigenvalue weighted by Crippen LogP contribution is -2.39. The van der Waals surface area contributed by atoms with Gasteiger partial charge in [0.1, 0.15) is 0 Å². The third kappa shape index (κ3) is 2.25. The first-order chi connectivity index (χ1) is 8.75. The first kappa shape index (κ1) is 12.3. The van der Waals surface area contributed by atoms with Crippen LogP contribution in [0.4, 0.5) is 5.69 Å². The summed E-state index contributed by atoms with van der Waals surface area (Å²) in [6, 6.07) is 5.75. The molecule has 96 valence electrons. The highest BCUT2D eigenvalue weighted by atomic mass is 35.5. The monoisotopic (exact) mass is 283 g/mol. The maximum absolute atomic E-state index is 12.5. The molecule has 1 amide bonds. The van der Waals surface area contributed by atoms with Crippen molar-refractivity contribution in [3.05, 3.63) is 23.2 Å². The number of hydrogen-bond acceptors (Lipinski definition) is 3. The molecule has 3 nitrogen and oxygen atoms in total. The fraction of sp³-hybridized carbons (Fsp3) is 0.462. The smallest absolute Gasteiger partial charge is 0.232 e. The third-order valence-electron chi connectivity index (χ3n) is 3.33. The summed E-state index contributed by atoms with van der Waals surface area (Å²) in [6.45, 7) is 2.01. The second-order valence-corrected chi connectivity index (χ2v) is 6.08. The molecular weight excluding hydrogens is 270 g/mol. The molecule has 1 atom stereocenters. The Bertz CT molecular complexity index is 474. The maximum atomic E-state index is 12.5. The van der Waals surface area contributed by atoms with Gasteiger partial charge < -0.3 is 9.64 Å². The largest absolute Gasteiger partial charge is 0.381 e. The summed E-state index contributed by atoms with van der Waals surface area (Å²) in [5.41, 5.74) is 0.954. The summed E-state index contributed by atoms with van der Waals surface area (Å²) in [6.07, 6.45) is 0.832. The molecule has 2 aliphatic heterocycles. The fourth-order valence-electron chi connectivity index (χ4n) is 2.37. The van der Waals surface area contributed by atoms with Crippen LogP contribution in [-0.2, 0) is 9.53 Å². The first-order valence-electron chi connectivity index (χ1n) is 6.07. The number of anilines is 1. The Morgan fingerprint density at radius 2 is 2.39 bits per heavy atom. The predicted molar refractivity (Wildman–Crippen MR) is 73.5 cm³/mol. The molecule has 1 aromatic carbocycles. The van der Waals surface area contributed by atoms with Gasteiger partial charge in [-0.2, -0.15) is 0 Å². The molecule has 1 fully saturated rings. The average Bonchev–Trinajstić information content (AvgIpc) is 2.91. The van der Waals surface area contributed by atoms with E-state index in [9.17, 15) is 4.79 Å². The zero-order valence-electron chi connectivity index (χ0n) is 9.89. The molecule has 3 rings (SSSR count). The number of ether oxygens (including phenoxy) is 1. The number of thioether (sulfide) groups is 1. The lowest BCUT2D eigenvalue weighted by Gasteiger charge is -2.30. The Morgan fingerprint density at radius 3 is 3.17 bits per heavy atom. The number of benzene rings is 1. The average molecular weight is 284 g/mol. The van der Waals surface area contributed by atoms with Crippen LogP contribution in [0.1, 0.15) is 6.42 Å². The van der Waals surface area contributed by atoms with Gasteiger partial charge in [0.25, 0.3) is 0 Å². The standard InChI is InChI=1S/C13H14ClNO2S/c14-10-1-2-12-11(7-10)15(4-6-18-12)13(16)9-3-5-17-8-9/h1-2,7,9H,3-6,8H2. The van der Waals surface area contributed by atoms with Crippen molar-refractivity contribution in [2.75, 3.05) is 30.4 Å². The third-order valence-corrected chi connectivity index (χ3v) is 4.61. The zero-order valence-corrected chi connectivity index (χ0v) is 11.5. The Kier molecular flexibility index (Phi) is 3.50. The Morgan fingerprint density at radius 1 is 1.50 bits per heavy atom. The van der Waals surface area contributed by atoms with Gasteiger partial charge in [-0.05, 0) is 24.6 Å². The molecule has 0 aromatic heterocycles. The van der Waals surface area contributed by atoms with Gasteiger partial charge >= 0.3 is 0 Å². The van der Waals surface area contributed by atoms with Crippen LogP contribution in [0.5, 0.6) is 0 Å². The molecule has 0 spiro atoms. The van der Waals surface area contributed by atoms with Gasteiger partial charge in [-0.3, -0.25) is 4.79 Å². The summed E-state index contributed by atoms with van der Waals surface area (Å²) in [7, 11) is 0. The first-order valence-corrected chi connectivity index (χ1v) is 7.43. The van der Waals surface area contributed by atoms with Crippen LogP contribution in [0.2, 0.25) is 5.02 Å². The molecule has 2 aliphatic rings. The van der Waals surface area contributed by atoms with E-state index in [1.54, 1.807) is 11.8 Å². The highest BCUT2D eigenvalue weighted by Crippen LogP contribution is 2.37. The van der Waals surface area contributed by atoms with E-state index in [1.165, 1.54) is 0 Å². The van der Waals surface area contributed by atoms with E-state index in [4.69, 9.17) is 16.3 Å². The highest BCUT2D eigenvalue weighted by Gasteiger charge is 2.31. The minimum absolute atomic E-state index is 0.0138. The minimum Gasteiger partial charge on any atom is -0.381 e. The van der Waals surface area contributed by atoms with Gasteiger partial charge in [0.2, 0.25) is 5.91 Å². The lowest BCUT2D eigenvalue weighted by molar-refractivity contribution is -0.122. The molecule has 0 saturated carbocycles. The maximum Gasteiger partial charge on any atom is 0.232 e. The topological polar surface area (TPSA) is 29.5 Å². The van der Waals surface area contributed by atoms with E-state index in [-0.39, 0.29) is 11.8 Å². The summed E-state index contributed by atoms with van der Waals surface area (Å²) in [5, 5.41) is 0.678. The number of amides is 1. The fourth-order valence-corrected chi connectivity index (χ4v) is 3.51. The van der Waals surface area contributed by atoms with Crippen molar-refractivity contribution >= 4 is 35.0 Å². The van der Waals surface area contributed by atoms with Gasteiger partial charge in [0, 0.05) is 28.8 Å². The molecule has 2 heterocycles. The van der Waals surface area contributed by atoms with E-state index in [1.807, 2.05) is 23.1 Å². The van der Waals surface area contributed by atoms with Crippen LogP contribution in [0.3, 0.4) is 0 Å². The second kappa shape index (κ2) is 5.11. The van der Waals surface area contributed by atoms with E-state index in [2.05, 4.69) is 0 Å². The van der Waals surface area contributed by atoms with Gasteiger partial charge in [-0.1, -0.05) is 11.6 Å². The van der Waals surface area contributed by atoms with Gasteiger partial charge in [-0.15, -0.1) is 11.8 Å². The normalized spacial score (nSPS) is 22.9. The molecule has 1 saturated heterocycles. The number of carbonyl (C=O) groups excluding carboxylic acids is 1. The second-order valence-electron chi connectivity index (χ2n) is 4.51. The molecule has 1 unspecified atom stereocenters.